The Morgan fingerprint density at radius 3 is 3.05 bits per heavy atom. The summed E-state index contributed by atoms with van der Waals surface area (Å²) in [6.45, 7) is 2.16. The van der Waals surface area contributed by atoms with Gasteiger partial charge in [0.15, 0.2) is 0 Å². The third kappa shape index (κ3) is 2.70. The summed E-state index contributed by atoms with van der Waals surface area (Å²) in [4.78, 5) is 7.62. The molecule has 1 aliphatic rings. The Morgan fingerprint density at radius 2 is 2.32 bits per heavy atom. The Kier molecular flexibility index (Phi) is 3.63. The van der Waals surface area contributed by atoms with Gasteiger partial charge < -0.3 is 15.0 Å². The zero-order valence-corrected chi connectivity index (χ0v) is 11.7. The van der Waals surface area contributed by atoms with E-state index < -0.39 is 0 Å². The highest BCUT2D eigenvalue weighted by atomic mass is 79.9. The molecule has 6 heteroatoms. The normalized spacial score (nSPS) is 19.6. The van der Waals surface area contributed by atoms with Gasteiger partial charge in [0.2, 0.25) is 0 Å². The van der Waals surface area contributed by atoms with Gasteiger partial charge in [0.05, 0.1) is 31.1 Å². The fourth-order valence-corrected chi connectivity index (χ4v) is 2.66. The van der Waals surface area contributed by atoms with Crippen molar-refractivity contribution in [1.29, 1.82) is 0 Å². The molecule has 2 aromatic rings. The standard InChI is InChI=1S/C13H13BrFN3O/c14-10-5-8(15)1-2-9(10)11-6-17-13(18-11)12-7-19-4-3-16-12/h1-2,5-6,12,16H,3-4,7H2,(H,17,18). The Hall–Kier alpha value is -1.24. The van der Waals surface area contributed by atoms with E-state index in [-0.39, 0.29) is 11.9 Å². The molecule has 0 spiro atoms. The van der Waals surface area contributed by atoms with Gasteiger partial charge in [-0.05, 0) is 34.1 Å². The van der Waals surface area contributed by atoms with Crippen molar-refractivity contribution in [2.24, 2.45) is 0 Å². The minimum atomic E-state index is -0.266. The first-order valence-corrected chi connectivity index (χ1v) is 6.85. The maximum Gasteiger partial charge on any atom is 0.126 e. The van der Waals surface area contributed by atoms with Gasteiger partial charge in [0.25, 0.3) is 0 Å². The summed E-state index contributed by atoms with van der Waals surface area (Å²) in [5.41, 5.74) is 1.74. The molecule has 1 fully saturated rings. The number of halogens is 2. The van der Waals surface area contributed by atoms with Gasteiger partial charge in [-0.3, -0.25) is 0 Å². The largest absolute Gasteiger partial charge is 0.378 e. The van der Waals surface area contributed by atoms with Gasteiger partial charge in [0, 0.05) is 16.6 Å². The van der Waals surface area contributed by atoms with Crippen LogP contribution in [0.1, 0.15) is 11.9 Å². The van der Waals surface area contributed by atoms with Crippen LogP contribution >= 0.6 is 15.9 Å². The van der Waals surface area contributed by atoms with Crippen molar-refractivity contribution in [3.63, 3.8) is 0 Å². The van der Waals surface area contributed by atoms with E-state index in [4.69, 9.17) is 4.74 Å². The van der Waals surface area contributed by atoms with Crippen LogP contribution in [0.25, 0.3) is 11.3 Å². The molecule has 100 valence electrons. The number of benzene rings is 1. The summed E-state index contributed by atoms with van der Waals surface area (Å²) in [7, 11) is 0. The van der Waals surface area contributed by atoms with Crippen LogP contribution in [0.3, 0.4) is 0 Å². The third-order valence-corrected chi connectivity index (χ3v) is 3.72. The Morgan fingerprint density at radius 1 is 1.42 bits per heavy atom. The predicted octanol–water partition coefficient (Wildman–Crippen LogP) is 2.64. The summed E-state index contributed by atoms with van der Waals surface area (Å²) in [5.74, 6) is 0.573. The topological polar surface area (TPSA) is 49.9 Å². The summed E-state index contributed by atoms with van der Waals surface area (Å²) >= 11 is 3.36. The van der Waals surface area contributed by atoms with Crippen molar-refractivity contribution in [2.75, 3.05) is 19.8 Å². The van der Waals surface area contributed by atoms with Crippen molar-refractivity contribution in [1.82, 2.24) is 15.3 Å². The highest BCUT2D eigenvalue weighted by molar-refractivity contribution is 9.10. The summed E-state index contributed by atoms with van der Waals surface area (Å²) in [5, 5.41) is 3.33. The molecule has 1 unspecified atom stereocenters. The second-order valence-electron chi connectivity index (χ2n) is 4.39. The lowest BCUT2D eigenvalue weighted by Crippen LogP contribution is -2.35. The van der Waals surface area contributed by atoms with Crippen LogP contribution in [0.2, 0.25) is 0 Å². The van der Waals surface area contributed by atoms with Crippen LogP contribution in [0.5, 0.6) is 0 Å². The fourth-order valence-electron chi connectivity index (χ4n) is 2.10. The van der Waals surface area contributed by atoms with Crippen molar-refractivity contribution < 1.29 is 9.13 Å². The van der Waals surface area contributed by atoms with Crippen LogP contribution < -0.4 is 5.32 Å². The van der Waals surface area contributed by atoms with Crippen LogP contribution in [0, 0.1) is 5.82 Å². The van der Waals surface area contributed by atoms with Crippen molar-refractivity contribution in [2.45, 2.75) is 6.04 Å². The first-order valence-electron chi connectivity index (χ1n) is 6.05. The molecule has 2 heterocycles. The van der Waals surface area contributed by atoms with Gasteiger partial charge in [-0.1, -0.05) is 0 Å². The average molecular weight is 326 g/mol. The SMILES string of the molecule is Fc1ccc(-c2cnc(C3COCCN3)[nH]2)c(Br)c1. The number of aromatic amines is 1. The number of aromatic nitrogens is 2. The van der Waals surface area contributed by atoms with E-state index in [0.717, 1.165) is 30.2 Å². The molecule has 0 saturated carbocycles. The number of morpholine rings is 1. The lowest BCUT2D eigenvalue weighted by Gasteiger charge is -2.21. The molecule has 1 atom stereocenters. The first-order chi connectivity index (χ1) is 9.24. The predicted molar refractivity (Wildman–Crippen MR) is 73.2 cm³/mol. The summed E-state index contributed by atoms with van der Waals surface area (Å²) in [6.07, 6.45) is 1.75. The zero-order chi connectivity index (χ0) is 13.2. The van der Waals surface area contributed by atoms with E-state index in [1.165, 1.54) is 12.1 Å². The van der Waals surface area contributed by atoms with Gasteiger partial charge in [0.1, 0.15) is 11.6 Å². The van der Waals surface area contributed by atoms with Crippen LogP contribution in [-0.2, 0) is 4.74 Å². The highest BCUT2D eigenvalue weighted by Crippen LogP contribution is 2.28. The fraction of sp³-hybridized carbons (Fsp3) is 0.308. The first kappa shape index (κ1) is 12.8. The molecule has 1 aromatic carbocycles. The Labute approximate surface area is 118 Å². The van der Waals surface area contributed by atoms with E-state index in [0.29, 0.717) is 11.1 Å². The van der Waals surface area contributed by atoms with Crippen molar-refractivity contribution in [3.8, 4) is 11.3 Å². The minimum absolute atomic E-state index is 0.0849. The zero-order valence-electron chi connectivity index (χ0n) is 10.1. The molecule has 0 amide bonds. The van der Waals surface area contributed by atoms with Crippen LogP contribution in [-0.4, -0.2) is 29.7 Å². The van der Waals surface area contributed by atoms with E-state index in [1.54, 1.807) is 12.3 Å². The molecule has 1 aliphatic heterocycles. The monoisotopic (exact) mass is 325 g/mol. The Balaban J connectivity index is 1.87. The molecule has 1 saturated heterocycles. The van der Waals surface area contributed by atoms with Crippen molar-refractivity contribution >= 4 is 15.9 Å². The van der Waals surface area contributed by atoms with E-state index in [2.05, 4.69) is 31.2 Å². The molecule has 19 heavy (non-hydrogen) atoms. The highest BCUT2D eigenvalue weighted by Gasteiger charge is 2.18. The molecule has 3 rings (SSSR count). The van der Waals surface area contributed by atoms with Crippen molar-refractivity contribution in [3.05, 3.63) is 40.5 Å². The summed E-state index contributed by atoms with van der Waals surface area (Å²) < 4.78 is 19.2. The molecule has 4 nitrogen and oxygen atoms in total. The van der Waals surface area contributed by atoms with E-state index in [1.807, 2.05) is 0 Å². The van der Waals surface area contributed by atoms with E-state index >= 15 is 0 Å². The second kappa shape index (κ2) is 5.40. The van der Waals surface area contributed by atoms with Crippen LogP contribution in [0.4, 0.5) is 4.39 Å². The van der Waals surface area contributed by atoms with E-state index in [9.17, 15) is 4.39 Å². The molecule has 0 radical (unpaired) electrons. The lowest BCUT2D eigenvalue weighted by atomic mass is 10.2. The number of hydrogen-bond acceptors (Lipinski definition) is 3. The molecule has 2 N–H and O–H groups in total. The number of rotatable bonds is 2. The number of imidazole rings is 1. The molecule has 1 aromatic heterocycles. The van der Waals surface area contributed by atoms with Gasteiger partial charge in [-0.15, -0.1) is 0 Å². The summed E-state index contributed by atoms with van der Waals surface area (Å²) in [6, 6.07) is 4.68. The third-order valence-electron chi connectivity index (χ3n) is 3.07. The van der Waals surface area contributed by atoms with Gasteiger partial charge >= 0.3 is 0 Å². The minimum Gasteiger partial charge on any atom is -0.378 e. The number of H-pyrrole nitrogens is 1. The maximum absolute atomic E-state index is 13.1. The molecule has 0 aliphatic carbocycles. The quantitative estimate of drug-likeness (QED) is 0.892. The number of hydrogen-bond donors (Lipinski definition) is 2. The number of nitrogens with zero attached hydrogens (tertiary/aromatic N) is 1. The average Bonchev–Trinajstić information content (AvgIpc) is 2.89. The molecular weight excluding hydrogens is 313 g/mol. The second-order valence-corrected chi connectivity index (χ2v) is 5.24. The van der Waals surface area contributed by atoms with Gasteiger partial charge in [-0.25, -0.2) is 9.37 Å². The lowest BCUT2D eigenvalue weighted by molar-refractivity contribution is 0.0745. The van der Waals surface area contributed by atoms with Crippen LogP contribution in [0.15, 0.2) is 28.9 Å². The number of ether oxygens (including phenoxy) is 1. The van der Waals surface area contributed by atoms with Gasteiger partial charge in [-0.2, -0.15) is 0 Å². The number of nitrogens with one attached hydrogen (secondary N) is 2. The maximum atomic E-state index is 13.1. The molecule has 0 bridgehead atoms. The smallest absolute Gasteiger partial charge is 0.126 e. The molecular formula is C13H13BrFN3O. The Bertz CT molecular complexity index is 581.